The molecule has 0 radical (unpaired) electrons. The maximum absolute atomic E-state index is 13.6. The van der Waals surface area contributed by atoms with Gasteiger partial charge in [0.15, 0.2) is 5.52 Å². The predicted molar refractivity (Wildman–Crippen MR) is 97.9 cm³/mol. The maximum atomic E-state index is 13.6. The molecule has 0 aliphatic heterocycles. The average Bonchev–Trinajstić information content (AvgIpc) is 3.39. The minimum atomic E-state index is -1.45. The number of rotatable bonds is 4. The van der Waals surface area contributed by atoms with E-state index in [2.05, 4.69) is 5.10 Å². The van der Waals surface area contributed by atoms with Crippen molar-refractivity contribution in [1.29, 1.82) is 0 Å². The van der Waals surface area contributed by atoms with Crippen LogP contribution in [0.15, 0.2) is 35.3 Å². The Bertz CT molecular complexity index is 1070. The lowest BCUT2D eigenvalue weighted by molar-refractivity contribution is 0.0692. The summed E-state index contributed by atoms with van der Waals surface area (Å²) in [5.41, 5.74) is -0.307. The molecule has 2 heterocycles. The molecule has 0 bridgehead atoms. The first-order valence-corrected chi connectivity index (χ1v) is 9.01. The molecule has 1 N–H and O–H groups in total. The van der Waals surface area contributed by atoms with Gasteiger partial charge in [0.25, 0.3) is 5.56 Å². The zero-order valence-corrected chi connectivity index (χ0v) is 15.3. The first-order valence-electron chi connectivity index (χ1n) is 8.63. The topological polar surface area (TPSA) is 60.1 Å². The lowest BCUT2D eigenvalue weighted by Gasteiger charge is -2.28. The monoisotopic (exact) mass is 375 g/mol. The van der Waals surface area contributed by atoms with Gasteiger partial charge in [0.1, 0.15) is 11.4 Å². The third-order valence-electron chi connectivity index (χ3n) is 5.16. The summed E-state index contributed by atoms with van der Waals surface area (Å²) in [6, 6.07) is 6.23. The smallest absolute Gasteiger partial charge is 0.279 e. The Morgan fingerprint density at radius 1 is 1.38 bits per heavy atom. The highest BCUT2D eigenvalue weighted by atomic mass is 35.5. The van der Waals surface area contributed by atoms with Gasteiger partial charge in [-0.3, -0.25) is 9.48 Å². The van der Waals surface area contributed by atoms with Crippen molar-refractivity contribution in [2.75, 3.05) is 0 Å². The second-order valence-corrected chi connectivity index (χ2v) is 7.24. The largest absolute Gasteiger partial charge is 0.379 e. The van der Waals surface area contributed by atoms with Crippen LogP contribution in [0.25, 0.3) is 10.9 Å². The third kappa shape index (κ3) is 2.47. The van der Waals surface area contributed by atoms with Crippen molar-refractivity contribution in [3.8, 4) is 0 Å². The lowest BCUT2D eigenvalue weighted by Crippen LogP contribution is -2.29. The van der Waals surface area contributed by atoms with Crippen LogP contribution in [0.4, 0.5) is 4.39 Å². The van der Waals surface area contributed by atoms with Crippen molar-refractivity contribution >= 4 is 22.5 Å². The SMILES string of the molecule is CC[C@@](O)(c1ccc(F)c(Cl)c1)c1c2ccn(C3CC3)c(=O)c2nn1C. The Kier molecular flexibility index (Phi) is 3.93. The zero-order chi connectivity index (χ0) is 18.6. The Hall–Kier alpha value is -2.18. The highest BCUT2D eigenvalue weighted by Gasteiger charge is 2.36. The predicted octanol–water partition coefficient (Wildman–Crippen LogP) is 3.51. The van der Waals surface area contributed by atoms with Gasteiger partial charge in [0, 0.05) is 24.7 Å². The minimum Gasteiger partial charge on any atom is -0.379 e. The van der Waals surface area contributed by atoms with Crippen LogP contribution in [-0.4, -0.2) is 19.5 Å². The van der Waals surface area contributed by atoms with E-state index in [-0.39, 0.29) is 16.6 Å². The molecule has 2 aromatic heterocycles. The quantitative estimate of drug-likeness (QED) is 0.759. The first kappa shape index (κ1) is 17.2. The van der Waals surface area contributed by atoms with Crippen LogP contribution in [0.3, 0.4) is 0 Å². The molecule has 0 unspecified atom stereocenters. The number of nitrogens with zero attached hydrogens (tertiary/aromatic N) is 3. The Morgan fingerprint density at radius 2 is 2.12 bits per heavy atom. The molecule has 136 valence electrons. The van der Waals surface area contributed by atoms with Gasteiger partial charge in [-0.05, 0) is 43.0 Å². The Labute approximate surface area is 154 Å². The number of pyridine rings is 1. The lowest BCUT2D eigenvalue weighted by atomic mass is 9.86. The van der Waals surface area contributed by atoms with E-state index < -0.39 is 11.4 Å². The van der Waals surface area contributed by atoms with Crippen LogP contribution < -0.4 is 5.56 Å². The molecule has 1 aromatic carbocycles. The van der Waals surface area contributed by atoms with Crippen LogP contribution >= 0.6 is 11.6 Å². The average molecular weight is 376 g/mol. The highest BCUT2D eigenvalue weighted by Crippen LogP contribution is 2.38. The fourth-order valence-electron chi connectivity index (χ4n) is 3.59. The minimum absolute atomic E-state index is 0.0584. The number of aromatic nitrogens is 3. The summed E-state index contributed by atoms with van der Waals surface area (Å²) < 4.78 is 16.8. The van der Waals surface area contributed by atoms with E-state index in [1.165, 1.54) is 22.9 Å². The van der Waals surface area contributed by atoms with E-state index in [4.69, 9.17) is 11.6 Å². The molecule has 5 nitrogen and oxygen atoms in total. The van der Waals surface area contributed by atoms with Crippen molar-refractivity contribution in [1.82, 2.24) is 14.3 Å². The fourth-order valence-corrected chi connectivity index (χ4v) is 3.77. The first-order chi connectivity index (χ1) is 12.4. The number of fused-ring (bicyclic) bond motifs is 1. The standard InChI is InChI=1S/C19H19ClFN3O2/c1-3-19(26,11-4-7-15(21)14(20)10-11)17-13-8-9-24(12-5-6-12)18(25)16(13)22-23(17)2/h4,7-10,12,26H,3,5-6H2,1-2H3/t19-/m1/s1. The highest BCUT2D eigenvalue weighted by molar-refractivity contribution is 6.30. The molecule has 1 aliphatic carbocycles. The number of aliphatic hydroxyl groups is 1. The van der Waals surface area contributed by atoms with Crippen LogP contribution in [0, 0.1) is 5.82 Å². The molecule has 1 aliphatic rings. The number of halogens is 2. The summed E-state index contributed by atoms with van der Waals surface area (Å²) >= 11 is 5.92. The van der Waals surface area contributed by atoms with Crippen LogP contribution in [-0.2, 0) is 12.6 Å². The van der Waals surface area contributed by atoms with Gasteiger partial charge in [-0.2, -0.15) is 5.10 Å². The van der Waals surface area contributed by atoms with Crippen molar-refractivity contribution in [2.45, 2.75) is 37.8 Å². The molecule has 4 rings (SSSR count). The van der Waals surface area contributed by atoms with Gasteiger partial charge in [-0.15, -0.1) is 0 Å². The third-order valence-corrected chi connectivity index (χ3v) is 5.45. The molecule has 0 saturated heterocycles. The van der Waals surface area contributed by atoms with Gasteiger partial charge >= 0.3 is 0 Å². The van der Waals surface area contributed by atoms with Gasteiger partial charge in [-0.25, -0.2) is 4.39 Å². The summed E-state index contributed by atoms with van der Waals surface area (Å²) in [5.74, 6) is -0.545. The fraction of sp³-hybridized carbons (Fsp3) is 0.368. The molecule has 1 saturated carbocycles. The molecular formula is C19H19ClFN3O2. The van der Waals surface area contributed by atoms with Gasteiger partial charge in [-0.1, -0.05) is 24.6 Å². The summed E-state index contributed by atoms with van der Waals surface area (Å²) in [6.45, 7) is 1.82. The normalized spacial score (nSPS) is 16.8. The number of hydrogen-bond donors (Lipinski definition) is 1. The van der Waals surface area contributed by atoms with Crippen molar-refractivity contribution in [2.24, 2.45) is 7.05 Å². The van der Waals surface area contributed by atoms with E-state index in [0.29, 0.717) is 28.6 Å². The van der Waals surface area contributed by atoms with Gasteiger partial charge < -0.3 is 9.67 Å². The van der Waals surface area contributed by atoms with E-state index in [9.17, 15) is 14.3 Å². The molecule has 1 atom stereocenters. The van der Waals surface area contributed by atoms with Crippen LogP contribution in [0.1, 0.15) is 43.5 Å². The van der Waals surface area contributed by atoms with Crippen molar-refractivity contribution < 1.29 is 9.50 Å². The second-order valence-electron chi connectivity index (χ2n) is 6.84. The summed E-state index contributed by atoms with van der Waals surface area (Å²) in [7, 11) is 1.70. The van der Waals surface area contributed by atoms with E-state index in [1.807, 2.05) is 13.0 Å². The summed E-state index contributed by atoms with van der Waals surface area (Å²) in [6.07, 6.45) is 4.08. The molecule has 1 fully saturated rings. The van der Waals surface area contributed by atoms with Crippen LogP contribution in [0.5, 0.6) is 0 Å². The number of benzene rings is 1. The summed E-state index contributed by atoms with van der Waals surface area (Å²) in [5, 5.41) is 16.4. The second kappa shape index (κ2) is 5.93. The Morgan fingerprint density at radius 3 is 2.73 bits per heavy atom. The molecular weight excluding hydrogens is 357 g/mol. The molecule has 7 heteroatoms. The van der Waals surface area contributed by atoms with Gasteiger partial charge in [0.2, 0.25) is 0 Å². The van der Waals surface area contributed by atoms with E-state index in [0.717, 1.165) is 12.8 Å². The zero-order valence-electron chi connectivity index (χ0n) is 14.5. The molecule has 26 heavy (non-hydrogen) atoms. The Balaban J connectivity index is 1.96. The number of aryl methyl sites for hydroxylation is 1. The van der Waals surface area contributed by atoms with E-state index in [1.54, 1.807) is 17.8 Å². The van der Waals surface area contributed by atoms with Crippen molar-refractivity contribution in [3.05, 3.63) is 62.9 Å². The maximum Gasteiger partial charge on any atom is 0.279 e. The molecule has 0 amide bonds. The van der Waals surface area contributed by atoms with Crippen molar-refractivity contribution in [3.63, 3.8) is 0 Å². The molecule has 0 spiro atoms. The van der Waals surface area contributed by atoms with E-state index >= 15 is 0 Å². The summed E-state index contributed by atoms with van der Waals surface area (Å²) in [4.78, 5) is 12.8. The molecule has 3 aromatic rings. The number of hydrogen-bond acceptors (Lipinski definition) is 3. The van der Waals surface area contributed by atoms with Crippen LogP contribution in [0.2, 0.25) is 5.02 Å². The van der Waals surface area contributed by atoms with Gasteiger partial charge in [0.05, 0.1) is 10.7 Å².